The molecule has 0 amide bonds. The Labute approximate surface area is 127 Å². The molecule has 118 valence electrons. The zero-order valence-electron chi connectivity index (χ0n) is 12.0. The first-order valence-electron chi connectivity index (χ1n) is 6.45. The van der Waals surface area contributed by atoms with Crippen molar-refractivity contribution in [2.45, 2.75) is 17.9 Å². The topological polar surface area (TPSA) is 55.4 Å². The third-order valence-corrected chi connectivity index (χ3v) is 4.73. The van der Waals surface area contributed by atoms with E-state index in [0.29, 0.717) is 11.3 Å². The molecule has 0 aliphatic heterocycles. The molecule has 0 spiro atoms. The third-order valence-electron chi connectivity index (χ3n) is 3.14. The molecule has 0 aliphatic rings. The van der Waals surface area contributed by atoms with Gasteiger partial charge in [0, 0.05) is 6.04 Å². The summed E-state index contributed by atoms with van der Waals surface area (Å²) in [6.07, 6.45) is 0. The number of sulfonamides is 1. The Balaban J connectivity index is 2.27. The molecule has 0 radical (unpaired) electrons. The van der Waals surface area contributed by atoms with Crippen molar-refractivity contribution in [1.29, 1.82) is 0 Å². The van der Waals surface area contributed by atoms with Crippen molar-refractivity contribution >= 4 is 10.0 Å². The molecule has 0 bridgehead atoms. The minimum Gasteiger partial charge on any atom is -0.497 e. The molecule has 22 heavy (non-hydrogen) atoms. The molecule has 0 heterocycles. The van der Waals surface area contributed by atoms with Gasteiger partial charge >= 0.3 is 0 Å². The maximum atomic E-state index is 13.6. The average molecular weight is 327 g/mol. The van der Waals surface area contributed by atoms with Gasteiger partial charge in [0.1, 0.15) is 17.4 Å². The van der Waals surface area contributed by atoms with E-state index in [1.165, 1.54) is 7.11 Å². The number of rotatable bonds is 5. The fraction of sp³-hybridized carbons (Fsp3) is 0.200. The monoisotopic (exact) mass is 327 g/mol. The van der Waals surface area contributed by atoms with Gasteiger partial charge in [0.05, 0.1) is 7.11 Å². The van der Waals surface area contributed by atoms with Gasteiger partial charge < -0.3 is 4.74 Å². The van der Waals surface area contributed by atoms with Crippen LogP contribution in [0.4, 0.5) is 8.78 Å². The molecule has 0 unspecified atom stereocenters. The summed E-state index contributed by atoms with van der Waals surface area (Å²) in [5.41, 5.74) is 0.640. The molecule has 4 nitrogen and oxygen atoms in total. The fourth-order valence-electron chi connectivity index (χ4n) is 1.99. The zero-order valence-corrected chi connectivity index (χ0v) is 12.8. The van der Waals surface area contributed by atoms with Gasteiger partial charge in [-0.3, -0.25) is 0 Å². The van der Waals surface area contributed by atoms with Crippen LogP contribution in [0.15, 0.2) is 47.4 Å². The van der Waals surface area contributed by atoms with Crippen LogP contribution in [0.2, 0.25) is 0 Å². The van der Waals surface area contributed by atoms with Gasteiger partial charge in [-0.2, -0.15) is 0 Å². The van der Waals surface area contributed by atoms with Gasteiger partial charge in [-0.15, -0.1) is 0 Å². The van der Waals surface area contributed by atoms with E-state index >= 15 is 0 Å². The Morgan fingerprint density at radius 1 is 1.05 bits per heavy atom. The van der Waals surface area contributed by atoms with E-state index in [2.05, 4.69) is 4.72 Å². The molecular weight excluding hydrogens is 312 g/mol. The molecule has 0 aromatic heterocycles. The van der Waals surface area contributed by atoms with E-state index in [4.69, 9.17) is 4.74 Å². The van der Waals surface area contributed by atoms with Gasteiger partial charge in [-0.05, 0) is 36.8 Å². The lowest BCUT2D eigenvalue weighted by atomic mass is 10.1. The van der Waals surface area contributed by atoms with Crippen LogP contribution in [-0.2, 0) is 10.0 Å². The van der Waals surface area contributed by atoms with Crippen molar-refractivity contribution in [2.75, 3.05) is 7.11 Å². The van der Waals surface area contributed by atoms with Gasteiger partial charge in [0.15, 0.2) is 4.90 Å². The smallest absolute Gasteiger partial charge is 0.246 e. The number of methoxy groups -OCH3 is 1. The summed E-state index contributed by atoms with van der Waals surface area (Å²) in [5, 5.41) is 0. The lowest BCUT2D eigenvalue weighted by Crippen LogP contribution is -2.28. The Hall–Kier alpha value is -1.99. The van der Waals surface area contributed by atoms with E-state index in [1.54, 1.807) is 31.2 Å². The standard InChI is InChI=1S/C15H15F2NO3S/c1-10(11-6-8-12(21-2)9-7-11)18-22(19,20)15-13(16)4-3-5-14(15)17/h3-10,18H,1-2H3/t10-/m0/s1. The first-order valence-corrected chi connectivity index (χ1v) is 7.94. The van der Waals surface area contributed by atoms with Crippen LogP contribution in [0.3, 0.4) is 0 Å². The summed E-state index contributed by atoms with van der Waals surface area (Å²) in [5.74, 6) is -1.64. The molecule has 2 aromatic carbocycles. The van der Waals surface area contributed by atoms with Crippen molar-refractivity contribution in [1.82, 2.24) is 4.72 Å². The highest BCUT2D eigenvalue weighted by Gasteiger charge is 2.25. The van der Waals surface area contributed by atoms with Crippen molar-refractivity contribution in [2.24, 2.45) is 0 Å². The van der Waals surface area contributed by atoms with Crippen molar-refractivity contribution in [3.05, 3.63) is 59.7 Å². The summed E-state index contributed by atoms with van der Waals surface area (Å²) >= 11 is 0. The number of ether oxygens (including phenoxy) is 1. The first kappa shape index (κ1) is 16.4. The normalized spacial score (nSPS) is 12.9. The second-order valence-corrected chi connectivity index (χ2v) is 6.32. The molecule has 2 aromatic rings. The lowest BCUT2D eigenvalue weighted by Gasteiger charge is -2.15. The Morgan fingerprint density at radius 3 is 2.09 bits per heavy atom. The van der Waals surface area contributed by atoms with Crippen LogP contribution in [-0.4, -0.2) is 15.5 Å². The van der Waals surface area contributed by atoms with E-state index < -0.39 is 32.6 Å². The molecule has 0 fully saturated rings. The summed E-state index contributed by atoms with van der Waals surface area (Å²) in [7, 11) is -2.80. The second kappa shape index (κ2) is 6.41. The Kier molecular flexibility index (Phi) is 4.77. The van der Waals surface area contributed by atoms with Crippen molar-refractivity contribution in [3.8, 4) is 5.75 Å². The highest BCUT2D eigenvalue weighted by Crippen LogP contribution is 2.22. The fourth-order valence-corrected chi connectivity index (χ4v) is 3.36. The highest BCUT2D eigenvalue weighted by molar-refractivity contribution is 7.89. The summed E-state index contributed by atoms with van der Waals surface area (Å²) in [6, 6.07) is 8.93. The summed E-state index contributed by atoms with van der Waals surface area (Å²) < 4.78 is 58.8. The maximum Gasteiger partial charge on any atom is 0.246 e. The lowest BCUT2D eigenvalue weighted by molar-refractivity contribution is 0.414. The van der Waals surface area contributed by atoms with Gasteiger partial charge in [-0.25, -0.2) is 21.9 Å². The van der Waals surface area contributed by atoms with Gasteiger partial charge in [0.25, 0.3) is 0 Å². The van der Waals surface area contributed by atoms with Crippen LogP contribution in [0.25, 0.3) is 0 Å². The number of hydrogen-bond acceptors (Lipinski definition) is 3. The minimum absolute atomic E-state index is 0.624. The summed E-state index contributed by atoms with van der Waals surface area (Å²) in [4.78, 5) is -0.977. The zero-order chi connectivity index (χ0) is 16.3. The van der Waals surface area contributed by atoms with Crippen LogP contribution in [0.1, 0.15) is 18.5 Å². The quantitative estimate of drug-likeness (QED) is 0.918. The summed E-state index contributed by atoms with van der Waals surface area (Å²) in [6.45, 7) is 1.58. The maximum absolute atomic E-state index is 13.6. The van der Waals surface area contributed by atoms with Crippen LogP contribution in [0, 0.1) is 11.6 Å². The van der Waals surface area contributed by atoms with E-state index in [1.807, 2.05) is 0 Å². The van der Waals surface area contributed by atoms with Gasteiger partial charge in [-0.1, -0.05) is 18.2 Å². The van der Waals surface area contributed by atoms with Gasteiger partial charge in [0.2, 0.25) is 10.0 Å². The van der Waals surface area contributed by atoms with E-state index in [9.17, 15) is 17.2 Å². The Bertz CT molecular complexity index is 741. The number of hydrogen-bond donors (Lipinski definition) is 1. The van der Waals surface area contributed by atoms with Crippen LogP contribution in [0.5, 0.6) is 5.75 Å². The molecule has 0 saturated carbocycles. The van der Waals surface area contributed by atoms with Crippen molar-refractivity contribution in [3.63, 3.8) is 0 Å². The molecule has 7 heteroatoms. The SMILES string of the molecule is COc1ccc([C@H](C)NS(=O)(=O)c2c(F)cccc2F)cc1. The molecule has 0 aliphatic carbocycles. The van der Waals surface area contributed by atoms with E-state index in [0.717, 1.165) is 18.2 Å². The molecule has 1 atom stereocenters. The largest absolute Gasteiger partial charge is 0.497 e. The number of halogens is 2. The van der Waals surface area contributed by atoms with E-state index in [-0.39, 0.29) is 0 Å². The average Bonchev–Trinajstić information content (AvgIpc) is 2.46. The predicted molar refractivity (Wildman–Crippen MR) is 78.1 cm³/mol. The van der Waals surface area contributed by atoms with Crippen LogP contribution < -0.4 is 9.46 Å². The second-order valence-electron chi connectivity index (χ2n) is 4.67. The number of nitrogens with one attached hydrogen (secondary N) is 1. The molecule has 1 N–H and O–H groups in total. The minimum atomic E-state index is -4.32. The Morgan fingerprint density at radius 2 is 1.59 bits per heavy atom. The molecular formula is C15H15F2NO3S. The third kappa shape index (κ3) is 3.42. The molecule has 0 saturated heterocycles. The number of benzene rings is 2. The van der Waals surface area contributed by atoms with Crippen molar-refractivity contribution < 1.29 is 21.9 Å². The highest BCUT2D eigenvalue weighted by atomic mass is 32.2. The molecule has 2 rings (SSSR count). The first-order chi connectivity index (χ1) is 10.3. The van der Waals surface area contributed by atoms with Crippen LogP contribution >= 0.6 is 0 Å². The predicted octanol–water partition coefficient (Wildman–Crippen LogP) is 3.01.